The monoisotopic (exact) mass is 494 g/mol. The molecular weight excluding hydrogens is 459 g/mol. The summed E-state index contributed by atoms with van der Waals surface area (Å²) in [4.78, 5) is 19.7. The van der Waals surface area contributed by atoms with Gasteiger partial charge in [-0.05, 0) is 19.8 Å². The third-order valence-corrected chi connectivity index (χ3v) is 3.83. The summed E-state index contributed by atoms with van der Waals surface area (Å²) in [5, 5.41) is 6.48. The van der Waals surface area contributed by atoms with Crippen LogP contribution in [0.25, 0.3) is 0 Å². The highest BCUT2D eigenvalue weighted by Crippen LogP contribution is 2.22. The highest BCUT2D eigenvalue weighted by molar-refractivity contribution is 14.0. The molecule has 0 aliphatic carbocycles. The van der Waals surface area contributed by atoms with E-state index in [0.29, 0.717) is 25.5 Å². The zero-order chi connectivity index (χ0) is 19.4. The van der Waals surface area contributed by atoms with Gasteiger partial charge in [-0.1, -0.05) is 33.6 Å². The molecule has 0 saturated carbocycles. The minimum atomic E-state index is -0.101. The Kier molecular flexibility index (Phi) is 13.1. The first-order valence-electron chi connectivity index (χ1n) is 9.42. The molecule has 1 aromatic rings. The fraction of sp³-hybridized carbons (Fsp3) is 0.737. The predicted octanol–water partition coefficient (Wildman–Crippen LogP) is 3.77. The smallest absolute Gasteiger partial charge is 0.305 e. The standard InChI is InChI=1S/C19H34N4O3.HI/c1-6-25-17(24)11-9-7-8-10-12-21-18(20-5)23-14-16-22-13-15(26-16)19(2,3)4;/h13H,6-12,14H2,1-5H3,(H2,20,21,23);1H. The maximum absolute atomic E-state index is 11.2. The Morgan fingerprint density at radius 3 is 2.52 bits per heavy atom. The summed E-state index contributed by atoms with van der Waals surface area (Å²) >= 11 is 0. The number of nitrogens with zero attached hydrogens (tertiary/aromatic N) is 2. The number of guanidine groups is 1. The number of carbonyl (C=O) groups is 1. The number of aliphatic imine (C=N–C) groups is 1. The number of esters is 1. The summed E-state index contributed by atoms with van der Waals surface area (Å²) < 4.78 is 10.7. The Morgan fingerprint density at radius 2 is 1.93 bits per heavy atom. The number of carbonyl (C=O) groups excluding carboxylic acids is 1. The van der Waals surface area contributed by atoms with Crippen molar-refractivity contribution in [3.8, 4) is 0 Å². The lowest BCUT2D eigenvalue weighted by molar-refractivity contribution is -0.143. The molecule has 0 spiro atoms. The topological polar surface area (TPSA) is 88.8 Å². The molecule has 0 radical (unpaired) electrons. The van der Waals surface area contributed by atoms with Crippen LogP contribution >= 0.6 is 24.0 Å². The molecular formula is C19H35IN4O3. The van der Waals surface area contributed by atoms with E-state index < -0.39 is 0 Å². The molecule has 0 amide bonds. The van der Waals surface area contributed by atoms with Crippen LogP contribution in [0.15, 0.2) is 15.6 Å². The van der Waals surface area contributed by atoms with Gasteiger partial charge in [0.15, 0.2) is 5.96 Å². The lowest BCUT2D eigenvalue weighted by Crippen LogP contribution is -2.37. The second-order valence-corrected chi connectivity index (χ2v) is 7.19. The number of unbranched alkanes of at least 4 members (excludes halogenated alkanes) is 3. The SMILES string of the molecule is CCOC(=O)CCCCCCNC(=NC)NCc1ncc(C(C)(C)C)o1.I. The van der Waals surface area contributed by atoms with Gasteiger partial charge in [-0.2, -0.15) is 0 Å². The molecule has 0 bridgehead atoms. The second-order valence-electron chi connectivity index (χ2n) is 7.19. The molecule has 0 aromatic carbocycles. The Labute approximate surface area is 180 Å². The molecule has 0 fully saturated rings. The number of halogens is 1. The lowest BCUT2D eigenvalue weighted by atomic mass is 9.94. The molecule has 1 aromatic heterocycles. The van der Waals surface area contributed by atoms with Crippen molar-refractivity contribution in [2.75, 3.05) is 20.2 Å². The second kappa shape index (κ2) is 13.8. The first-order chi connectivity index (χ1) is 12.4. The van der Waals surface area contributed by atoms with Crippen LogP contribution in [-0.4, -0.2) is 37.1 Å². The van der Waals surface area contributed by atoms with Crippen LogP contribution in [-0.2, 0) is 21.5 Å². The average molecular weight is 494 g/mol. The minimum absolute atomic E-state index is 0. The van der Waals surface area contributed by atoms with Gasteiger partial charge in [0.25, 0.3) is 0 Å². The summed E-state index contributed by atoms with van der Waals surface area (Å²) in [6, 6.07) is 0. The van der Waals surface area contributed by atoms with Crippen LogP contribution in [0.4, 0.5) is 0 Å². The quantitative estimate of drug-likeness (QED) is 0.169. The first-order valence-corrected chi connectivity index (χ1v) is 9.42. The van der Waals surface area contributed by atoms with E-state index in [0.717, 1.165) is 43.9 Å². The van der Waals surface area contributed by atoms with Gasteiger partial charge in [0, 0.05) is 25.4 Å². The van der Waals surface area contributed by atoms with E-state index in [4.69, 9.17) is 9.15 Å². The maximum atomic E-state index is 11.2. The lowest BCUT2D eigenvalue weighted by Gasteiger charge is -2.13. The van der Waals surface area contributed by atoms with Crippen LogP contribution in [0.2, 0.25) is 0 Å². The molecule has 0 saturated heterocycles. The summed E-state index contributed by atoms with van der Waals surface area (Å²) in [7, 11) is 1.74. The van der Waals surface area contributed by atoms with Gasteiger partial charge in [0.2, 0.25) is 5.89 Å². The van der Waals surface area contributed by atoms with Crippen LogP contribution in [0.3, 0.4) is 0 Å². The molecule has 1 rings (SSSR count). The van der Waals surface area contributed by atoms with Crippen LogP contribution in [0.5, 0.6) is 0 Å². The fourth-order valence-corrected chi connectivity index (χ4v) is 2.31. The van der Waals surface area contributed by atoms with Crippen LogP contribution in [0.1, 0.15) is 71.5 Å². The molecule has 0 unspecified atom stereocenters. The molecule has 8 heteroatoms. The maximum Gasteiger partial charge on any atom is 0.305 e. The predicted molar refractivity (Wildman–Crippen MR) is 119 cm³/mol. The molecule has 156 valence electrons. The van der Waals surface area contributed by atoms with Crippen molar-refractivity contribution >= 4 is 35.9 Å². The molecule has 0 aliphatic rings. The van der Waals surface area contributed by atoms with Crippen molar-refractivity contribution in [3.05, 3.63) is 17.8 Å². The molecule has 1 heterocycles. The molecule has 27 heavy (non-hydrogen) atoms. The Balaban J connectivity index is 0.00000676. The highest BCUT2D eigenvalue weighted by Gasteiger charge is 2.19. The summed E-state index contributed by atoms with van der Waals surface area (Å²) in [5.41, 5.74) is -0.0432. The van der Waals surface area contributed by atoms with Crippen LogP contribution in [0, 0.1) is 0 Å². The van der Waals surface area contributed by atoms with Gasteiger partial charge in [-0.25, -0.2) is 4.98 Å². The normalized spacial score (nSPS) is 11.7. The third-order valence-electron chi connectivity index (χ3n) is 3.83. The number of ether oxygens (including phenoxy) is 1. The van der Waals surface area contributed by atoms with Gasteiger partial charge < -0.3 is 19.8 Å². The van der Waals surface area contributed by atoms with Crippen molar-refractivity contribution in [1.82, 2.24) is 15.6 Å². The molecule has 2 N–H and O–H groups in total. The summed E-state index contributed by atoms with van der Waals surface area (Å²) in [5.74, 6) is 2.15. The number of rotatable bonds is 10. The van der Waals surface area contributed by atoms with E-state index in [-0.39, 0.29) is 35.4 Å². The fourth-order valence-electron chi connectivity index (χ4n) is 2.31. The van der Waals surface area contributed by atoms with Crippen molar-refractivity contribution < 1.29 is 13.9 Å². The van der Waals surface area contributed by atoms with E-state index in [1.54, 1.807) is 13.2 Å². The van der Waals surface area contributed by atoms with Gasteiger partial charge in [0.1, 0.15) is 5.76 Å². The van der Waals surface area contributed by atoms with E-state index >= 15 is 0 Å². The third kappa shape index (κ3) is 11.2. The average Bonchev–Trinajstić information content (AvgIpc) is 3.06. The number of hydrogen-bond donors (Lipinski definition) is 2. The number of oxazole rings is 1. The van der Waals surface area contributed by atoms with Crippen molar-refractivity contribution in [2.45, 2.75) is 71.8 Å². The number of hydrogen-bond acceptors (Lipinski definition) is 5. The van der Waals surface area contributed by atoms with E-state index in [1.165, 1.54) is 0 Å². The van der Waals surface area contributed by atoms with Gasteiger partial charge >= 0.3 is 5.97 Å². The first kappa shape index (κ1) is 25.7. The van der Waals surface area contributed by atoms with Crippen molar-refractivity contribution in [2.24, 2.45) is 4.99 Å². The Hall–Kier alpha value is -1.32. The molecule has 0 aliphatic heterocycles. The molecule has 0 atom stereocenters. The summed E-state index contributed by atoms with van der Waals surface area (Å²) in [6.45, 7) is 9.90. The van der Waals surface area contributed by atoms with E-state index in [1.807, 2.05) is 6.92 Å². The number of aromatic nitrogens is 1. The Bertz CT molecular complexity index is 568. The largest absolute Gasteiger partial charge is 0.466 e. The van der Waals surface area contributed by atoms with E-state index in [2.05, 4.69) is 41.4 Å². The zero-order valence-electron chi connectivity index (χ0n) is 17.3. The van der Waals surface area contributed by atoms with Gasteiger partial charge in [-0.15, -0.1) is 24.0 Å². The van der Waals surface area contributed by atoms with Crippen molar-refractivity contribution in [1.29, 1.82) is 0 Å². The zero-order valence-corrected chi connectivity index (χ0v) is 19.6. The van der Waals surface area contributed by atoms with E-state index in [9.17, 15) is 4.79 Å². The van der Waals surface area contributed by atoms with Gasteiger partial charge in [0.05, 0.1) is 19.3 Å². The highest BCUT2D eigenvalue weighted by atomic mass is 127. The number of nitrogens with one attached hydrogen (secondary N) is 2. The van der Waals surface area contributed by atoms with Gasteiger partial charge in [-0.3, -0.25) is 9.79 Å². The Morgan fingerprint density at radius 1 is 1.22 bits per heavy atom. The summed E-state index contributed by atoms with van der Waals surface area (Å²) in [6.07, 6.45) is 6.29. The minimum Gasteiger partial charge on any atom is -0.466 e. The van der Waals surface area contributed by atoms with Crippen molar-refractivity contribution in [3.63, 3.8) is 0 Å². The van der Waals surface area contributed by atoms with Crippen LogP contribution < -0.4 is 10.6 Å². The molecule has 7 nitrogen and oxygen atoms in total.